The van der Waals surface area contributed by atoms with Crippen molar-refractivity contribution in [1.29, 1.82) is 0 Å². The molecule has 1 atom stereocenters. The SMILES string of the molecule is Cc1nc(OCCCC2CCNCC2)ccc1C(=O)NC[C@H](O)CO. The maximum atomic E-state index is 12.0. The van der Waals surface area contributed by atoms with Gasteiger partial charge in [0.1, 0.15) is 0 Å². The van der Waals surface area contributed by atoms with Crippen LogP contribution in [0.5, 0.6) is 5.88 Å². The Labute approximate surface area is 148 Å². The number of carbonyl (C=O) groups is 1. The normalized spacial score (nSPS) is 16.4. The van der Waals surface area contributed by atoms with Gasteiger partial charge in [0, 0.05) is 12.6 Å². The van der Waals surface area contributed by atoms with Gasteiger partial charge >= 0.3 is 0 Å². The van der Waals surface area contributed by atoms with Crippen LogP contribution in [0.25, 0.3) is 0 Å². The first-order chi connectivity index (χ1) is 12.1. The summed E-state index contributed by atoms with van der Waals surface area (Å²) in [5.41, 5.74) is 1.01. The maximum Gasteiger partial charge on any atom is 0.253 e. The van der Waals surface area contributed by atoms with E-state index in [1.807, 2.05) is 0 Å². The van der Waals surface area contributed by atoms with E-state index in [9.17, 15) is 9.90 Å². The molecule has 0 unspecified atom stereocenters. The summed E-state index contributed by atoms with van der Waals surface area (Å²) >= 11 is 0. The zero-order valence-electron chi connectivity index (χ0n) is 14.8. The van der Waals surface area contributed by atoms with Crippen molar-refractivity contribution in [2.75, 3.05) is 32.8 Å². The fourth-order valence-electron chi connectivity index (χ4n) is 2.95. The van der Waals surface area contributed by atoms with Crippen LogP contribution in [0.15, 0.2) is 12.1 Å². The molecule has 7 heteroatoms. The van der Waals surface area contributed by atoms with E-state index in [-0.39, 0.29) is 19.1 Å². The molecular weight excluding hydrogens is 322 g/mol. The quantitative estimate of drug-likeness (QED) is 0.487. The number of nitrogens with zero attached hydrogens (tertiary/aromatic N) is 1. The van der Waals surface area contributed by atoms with Crippen molar-refractivity contribution in [2.24, 2.45) is 5.92 Å². The van der Waals surface area contributed by atoms with Crippen LogP contribution in [0.3, 0.4) is 0 Å². The first-order valence-electron chi connectivity index (χ1n) is 8.98. The van der Waals surface area contributed by atoms with Crippen LogP contribution in [0.1, 0.15) is 41.7 Å². The molecule has 1 aromatic heterocycles. The molecule has 0 radical (unpaired) electrons. The summed E-state index contributed by atoms with van der Waals surface area (Å²) in [5.74, 6) is 0.990. The van der Waals surface area contributed by atoms with Crippen molar-refractivity contribution in [3.8, 4) is 5.88 Å². The van der Waals surface area contributed by atoms with E-state index in [0.717, 1.165) is 25.4 Å². The molecule has 7 nitrogen and oxygen atoms in total. The van der Waals surface area contributed by atoms with Gasteiger partial charge in [-0.1, -0.05) is 0 Å². The van der Waals surface area contributed by atoms with E-state index in [1.54, 1.807) is 19.1 Å². The fraction of sp³-hybridized carbons (Fsp3) is 0.667. The molecule has 1 aliphatic heterocycles. The molecule has 0 aromatic carbocycles. The van der Waals surface area contributed by atoms with Gasteiger partial charge in [-0.3, -0.25) is 4.79 Å². The Balaban J connectivity index is 1.75. The molecule has 25 heavy (non-hydrogen) atoms. The van der Waals surface area contributed by atoms with E-state index >= 15 is 0 Å². The van der Waals surface area contributed by atoms with Gasteiger partial charge in [0.15, 0.2) is 0 Å². The van der Waals surface area contributed by atoms with Crippen molar-refractivity contribution in [2.45, 2.75) is 38.7 Å². The number of ether oxygens (including phenoxy) is 1. The largest absolute Gasteiger partial charge is 0.478 e. The minimum atomic E-state index is -0.959. The minimum Gasteiger partial charge on any atom is -0.478 e. The number of aryl methyl sites for hydroxylation is 1. The maximum absolute atomic E-state index is 12.0. The van der Waals surface area contributed by atoms with Crippen LogP contribution in [-0.4, -0.2) is 60.1 Å². The zero-order chi connectivity index (χ0) is 18.1. The molecule has 1 aliphatic rings. The van der Waals surface area contributed by atoms with Gasteiger partial charge < -0.3 is 25.6 Å². The number of hydrogen-bond donors (Lipinski definition) is 4. The highest BCUT2D eigenvalue weighted by molar-refractivity contribution is 5.95. The number of pyridine rings is 1. The molecule has 0 saturated carbocycles. The third kappa shape index (κ3) is 6.61. The molecular formula is C18H29N3O4. The molecule has 2 heterocycles. The minimum absolute atomic E-state index is 0.00368. The second-order valence-electron chi connectivity index (χ2n) is 6.51. The van der Waals surface area contributed by atoms with Crippen LogP contribution >= 0.6 is 0 Å². The average Bonchev–Trinajstić information content (AvgIpc) is 2.64. The first-order valence-corrected chi connectivity index (χ1v) is 8.98. The Morgan fingerprint density at radius 1 is 1.44 bits per heavy atom. The van der Waals surface area contributed by atoms with Crippen LogP contribution in [0.4, 0.5) is 0 Å². The van der Waals surface area contributed by atoms with Gasteiger partial charge in [0.25, 0.3) is 5.91 Å². The smallest absolute Gasteiger partial charge is 0.253 e. The monoisotopic (exact) mass is 351 g/mol. The number of nitrogens with one attached hydrogen (secondary N) is 2. The highest BCUT2D eigenvalue weighted by Gasteiger charge is 2.14. The molecule has 0 bridgehead atoms. The van der Waals surface area contributed by atoms with Crippen molar-refractivity contribution < 1.29 is 19.7 Å². The fourth-order valence-corrected chi connectivity index (χ4v) is 2.95. The molecule has 0 spiro atoms. The van der Waals surface area contributed by atoms with E-state index in [1.165, 1.54) is 19.3 Å². The van der Waals surface area contributed by atoms with Crippen molar-refractivity contribution in [3.05, 3.63) is 23.4 Å². The Hall–Kier alpha value is -1.70. The number of aliphatic hydroxyl groups excluding tert-OH is 2. The van der Waals surface area contributed by atoms with Crippen molar-refractivity contribution in [1.82, 2.24) is 15.6 Å². The lowest BCUT2D eigenvalue weighted by Gasteiger charge is -2.22. The standard InChI is InChI=1S/C18H29N3O4/c1-13-16(18(24)20-11-15(23)12-22)4-5-17(21-13)25-10-2-3-14-6-8-19-9-7-14/h4-5,14-15,19,22-23H,2-3,6-12H2,1H3,(H,20,24)/t15-/m0/s1. The second kappa shape index (κ2) is 10.3. The third-order valence-corrected chi connectivity index (χ3v) is 4.48. The summed E-state index contributed by atoms with van der Waals surface area (Å²) in [6, 6.07) is 3.36. The number of amides is 1. The number of hydrogen-bond acceptors (Lipinski definition) is 6. The number of aliphatic hydroxyl groups is 2. The van der Waals surface area contributed by atoms with Gasteiger partial charge in [-0.25, -0.2) is 4.98 Å². The summed E-state index contributed by atoms with van der Waals surface area (Å²) < 4.78 is 5.70. The van der Waals surface area contributed by atoms with Gasteiger partial charge in [0.2, 0.25) is 5.88 Å². The summed E-state index contributed by atoms with van der Waals surface area (Å²) in [6.07, 6.45) is 3.71. The lowest BCUT2D eigenvalue weighted by molar-refractivity contribution is 0.0801. The molecule has 1 aromatic rings. The Morgan fingerprint density at radius 2 is 2.20 bits per heavy atom. The summed E-state index contributed by atoms with van der Waals surface area (Å²) in [6.45, 7) is 4.23. The number of rotatable bonds is 9. The van der Waals surface area contributed by atoms with E-state index < -0.39 is 6.10 Å². The zero-order valence-corrected chi connectivity index (χ0v) is 14.8. The molecule has 1 fully saturated rings. The predicted octanol–water partition coefficient (Wildman–Crippen LogP) is 0.632. The lowest BCUT2D eigenvalue weighted by Crippen LogP contribution is -2.34. The molecule has 2 rings (SSSR count). The predicted molar refractivity (Wildman–Crippen MR) is 94.7 cm³/mol. The number of piperidine rings is 1. The second-order valence-corrected chi connectivity index (χ2v) is 6.51. The number of carbonyl (C=O) groups excluding carboxylic acids is 1. The summed E-state index contributed by atoms with van der Waals surface area (Å²) in [7, 11) is 0. The van der Waals surface area contributed by atoms with Crippen LogP contribution in [0.2, 0.25) is 0 Å². The Morgan fingerprint density at radius 3 is 2.88 bits per heavy atom. The lowest BCUT2D eigenvalue weighted by atomic mass is 9.93. The topological polar surface area (TPSA) is 104 Å². The highest BCUT2D eigenvalue weighted by Crippen LogP contribution is 2.18. The van der Waals surface area contributed by atoms with Crippen molar-refractivity contribution >= 4 is 5.91 Å². The van der Waals surface area contributed by atoms with Crippen LogP contribution in [0, 0.1) is 12.8 Å². The van der Waals surface area contributed by atoms with Gasteiger partial charge in [0.05, 0.1) is 30.6 Å². The summed E-state index contributed by atoms with van der Waals surface area (Å²) in [4.78, 5) is 16.4. The highest BCUT2D eigenvalue weighted by atomic mass is 16.5. The van der Waals surface area contributed by atoms with E-state index in [4.69, 9.17) is 9.84 Å². The molecule has 140 valence electrons. The van der Waals surface area contributed by atoms with Crippen LogP contribution < -0.4 is 15.4 Å². The van der Waals surface area contributed by atoms with Crippen molar-refractivity contribution in [3.63, 3.8) is 0 Å². The summed E-state index contributed by atoms with van der Waals surface area (Å²) in [5, 5.41) is 24.0. The molecule has 1 saturated heterocycles. The Kier molecular flexibility index (Phi) is 8.11. The number of aromatic nitrogens is 1. The first kappa shape index (κ1) is 19.6. The molecule has 1 amide bonds. The third-order valence-electron chi connectivity index (χ3n) is 4.48. The van der Waals surface area contributed by atoms with Gasteiger partial charge in [-0.05, 0) is 57.7 Å². The Bertz CT molecular complexity index is 547. The molecule has 4 N–H and O–H groups in total. The van der Waals surface area contributed by atoms with E-state index in [0.29, 0.717) is 23.7 Å². The van der Waals surface area contributed by atoms with Crippen LogP contribution in [-0.2, 0) is 0 Å². The van der Waals surface area contributed by atoms with Gasteiger partial charge in [-0.15, -0.1) is 0 Å². The van der Waals surface area contributed by atoms with E-state index in [2.05, 4.69) is 15.6 Å². The molecule has 0 aliphatic carbocycles. The van der Waals surface area contributed by atoms with Gasteiger partial charge in [-0.2, -0.15) is 0 Å². The average molecular weight is 351 g/mol.